The van der Waals surface area contributed by atoms with Crippen molar-refractivity contribution in [1.29, 1.82) is 0 Å². The van der Waals surface area contributed by atoms with Crippen LogP contribution >= 0.6 is 0 Å². The fraction of sp³-hybridized carbons (Fsp3) is 0.294. The molecule has 0 aliphatic rings. The predicted molar refractivity (Wildman–Crippen MR) is 103 cm³/mol. The van der Waals surface area contributed by atoms with Crippen molar-refractivity contribution in [2.45, 2.75) is 39.4 Å². The fourth-order valence-electron chi connectivity index (χ4n) is 3.34. The van der Waals surface area contributed by atoms with Crippen LogP contribution in [-0.4, -0.2) is 53.0 Å². The van der Waals surface area contributed by atoms with Crippen molar-refractivity contribution in [3.05, 3.63) is 53.1 Å². The van der Waals surface area contributed by atoms with Crippen molar-refractivity contribution in [3.8, 4) is 0 Å². The van der Waals surface area contributed by atoms with Crippen LogP contribution in [0.4, 0.5) is 26.3 Å². The second kappa shape index (κ2) is 8.18. The highest BCUT2D eigenvalue weighted by Crippen LogP contribution is 2.57. The van der Waals surface area contributed by atoms with Gasteiger partial charge in [-0.3, -0.25) is 9.11 Å². The lowest BCUT2D eigenvalue weighted by Gasteiger charge is -2.38. The largest absolute Gasteiger partial charge is 0.411 e. The van der Waals surface area contributed by atoms with Crippen LogP contribution in [0.15, 0.2) is 51.1 Å². The van der Waals surface area contributed by atoms with E-state index in [0.29, 0.717) is 12.3 Å². The topological polar surface area (TPSA) is 143 Å². The van der Waals surface area contributed by atoms with Gasteiger partial charge in [0.05, 0.1) is 9.79 Å². The zero-order valence-corrected chi connectivity index (χ0v) is 19.3. The molecule has 0 atom stereocenters. The van der Waals surface area contributed by atoms with Gasteiger partial charge in [-0.25, -0.2) is 8.42 Å². The van der Waals surface area contributed by atoms with E-state index in [1.807, 2.05) is 0 Å². The number of halogens is 6. The standard InChI is InChI=1S/C17H14F6O8S3/c1-9-3-4-10(7-13(9)33(26,27)28)15(16(18,19)20,17(21,22)23)11-5-6-12(32(2,24)25)14(8-11)34(29,30)31/h3-8H,1-2H3,(H,26,27,28)(H,29,30,31). The summed E-state index contributed by atoms with van der Waals surface area (Å²) in [6.45, 7) is 0.979. The summed E-state index contributed by atoms with van der Waals surface area (Å²) in [6.07, 6.45) is -12.2. The highest BCUT2D eigenvalue weighted by molar-refractivity contribution is 7.92. The lowest BCUT2D eigenvalue weighted by atomic mass is 9.72. The summed E-state index contributed by atoms with van der Waals surface area (Å²) < 4.78 is 174. The third-order valence-corrected chi connectivity index (χ3v) is 7.98. The van der Waals surface area contributed by atoms with Gasteiger partial charge in [0, 0.05) is 6.26 Å². The summed E-state index contributed by atoms with van der Waals surface area (Å²) in [5.74, 6) is 0. The number of hydrogen-bond acceptors (Lipinski definition) is 6. The molecule has 0 saturated heterocycles. The van der Waals surface area contributed by atoms with Gasteiger partial charge in [0.2, 0.25) is 5.41 Å². The van der Waals surface area contributed by atoms with E-state index in [2.05, 4.69) is 0 Å². The number of aryl methyl sites for hydroxylation is 1. The second-order valence-electron chi connectivity index (χ2n) is 7.11. The van der Waals surface area contributed by atoms with Gasteiger partial charge in [0.15, 0.2) is 9.84 Å². The molecule has 0 aliphatic carbocycles. The number of hydrogen-bond donors (Lipinski definition) is 2. The first kappa shape index (κ1) is 28.0. The van der Waals surface area contributed by atoms with E-state index in [1.54, 1.807) is 0 Å². The minimum Gasteiger partial charge on any atom is -0.282 e. The average Bonchev–Trinajstić information content (AvgIpc) is 2.58. The Hall–Kier alpha value is -2.21. The monoisotopic (exact) mass is 556 g/mol. The lowest BCUT2D eigenvalue weighted by molar-refractivity contribution is -0.288. The first-order chi connectivity index (χ1) is 15.0. The number of sulfone groups is 1. The summed E-state index contributed by atoms with van der Waals surface area (Å²) in [5.41, 5.74) is -9.19. The molecule has 0 fully saturated rings. The SMILES string of the molecule is Cc1ccc(C(c2ccc(S(C)(=O)=O)c(S(=O)(=O)O)c2)(C(F)(F)F)C(F)(F)F)cc1S(=O)(=O)O. The zero-order chi connectivity index (χ0) is 26.7. The number of benzene rings is 2. The Morgan fingerprint density at radius 3 is 1.38 bits per heavy atom. The molecule has 0 radical (unpaired) electrons. The Balaban J connectivity index is 3.21. The maximum atomic E-state index is 14.3. The molecule has 0 amide bonds. The molecule has 0 aliphatic heterocycles. The third kappa shape index (κ3) is 4.79. The maximum Gasteiger partial charge on any atom is 0.411 e. The third-order valence-electron chi connectivity index (χ3n) is 4.80. The van der Waals surface area contributed by atoms with E-state index in [9.17, 15) is 60.7 Å². The number of alkyl halides is 6. The van der Waals surface area contributed by atoms with Crippen molar-refractivity contribution in [2.75, 3.05) is 6.26 Å². The van der Waals surface area contributed by atoms with Crippen LogP contribution in [0.3, 0.4) is 0 Å². The number of rotatable bonds is 5. The van der Waals surface area contributed by atoms with E-state index >= 15 is 0 Å². The Kier molecular flexibility index (Phi) is 6.75. The molecule has 2 aromatic rings. The minimum absolute atomic E-state index is 0.0407. The van der Waals surface area contributed by atoms with Gasteiger partial charge in [-0.05, 0) is 41.8 Å². The van der Waals surface area contributed by atoms with Gasteiger partial charge in [-0.2, -0.15) is 43.2 Å². The summed E-state index contributed by atoms with van der Waals surface area (Å²) in [4.78, 5) is -4.32. The molecule has 0 bridgehead atoms. The molecule has 17 heteroatoms. The minimum atomic E-state index is -6.32. The first-order valence-corrected chi connectivity index (χ1v) is 13.3. The second-order valence-corrected chi connectivity index (χ2v) is 11.9. The summed E-state index contributed by atoms with van der Waals surface area (Å²) >= 11 is 0. The smallest absolute Gasteiger partial charge is 0.282 e. The molecule has 0 unspecified atom stereocenters. The highest BCUT2D eigenvalue weighted by Gasteiger charge is 2.72. The molecule has 2 aromatic carbocycles. The molecule has 0 aromatic heterocycles. The van der Waals surface area contributed by atoms with Gasteiger partial charge in [0.25, 0.3) is 20.2 Å². The Bertz CT molecular complexity index is 1440. The van der Waals surface area contributed by atoms with Crippen molar-refractivity contribution in [1.82, 2.24) is 0 Å². The zero-order valence-electron chi connectivity index (χ0n) is 16.8. The highest BCUT2D eigenvalue weighted by atomic mass is 32.2. The Labute approximate surface area is 189 Å². The molecule has 0 spiro atoms. The summed E-state index contributed by atoms with van der Waals surface area (Å²) in [5, 5.41) is 0. The van der Waals surface area contributed by atoms with E-state index in [4.69, 9.17) is 0 Å². The molecule has 34 heavy (non-hydrogen) atoms. The van der Waals surface area contributed by atoms with Crippen LogP contribution < -0.4 is 0 Å². The van der Waals surface area contributed by atoms with Crippen molar-refractivity contribution in [3.63, 3.8) is 0 Å². The van der Waals surface area contributed by atoms with Crippen molar-refractivity contribution >= 4 is 30.1 Å². The van der Waals surface area contributed by atoms with Crippen LogP contribution in [0.2, 0.25) is 0 Å². The molecule has 0 heterocycles. The van der Waals surface area contributed by atoms with E-state index in [0.717, 1.165) is 6.92 Å². The van der Waals surface area contributed by atoms with Crippen LogP contribution in [0.5, 0.6) is 0 Å². The normalized spacial score (nSPS) is 14.3. The molecule has 190 valence electrons. The first-order valence-electron chi connectivity index (χ1n) is 8.50. The lowest BCUT2D eigenvalue weighted by Crippen LogP contribution is -2.55. The van der Waals surface area contributed by atoms with Crippen LogP contribution in [0.1, 0.15) is 16.7 Å². The van der Waals surface area contributed by atoms with E-state index < -0.39 is 79.2 Å². The van der Waals surface area contributed by atoms with Crippen molar-refractivity contribution in [2.24, 2.45) is 0 Å². The van der Waals surface area contributed by atoms with Crippen molar-refractivity contribution < 1.29 is 60.7 Å². The van der Waals surface area contributed by atoms with Gasteiger partial charge < -0.3 is 0 Å². The Morgan fingerprint density at radius 1 is 0.647 bits per heavy atom. The van der Waals surface area contributed by atoms with E-state index in [-0.39, 0.29) is 30.3 Å². The summed E-state index contributed by atoms with van der Waals surface area (Å²) in [7, 11) is -15.5. The quantitative estimate of drug-likeness (QED) is 0.422. The van der Waals surface area contributed by atoms with Gasteiger partial charge in [0.1, 0.15) is 4.90 Å². The molecular weight excluding hydrogens is 542 g/mol. The van der Waals surface area contributed by atoms with Crippen LogP contribution in [0.25, 0.3) is 0 Å². The predicted octanol–water partition coefficient (Wildman–Crippen LogP) is 3.30. The van der Waals surface area contributed by atoms with Gasteiger partial charge in [-0.1, -0.05) is 18.2 Å². The van der Waals surface area contributed by atoms with E-state index in [1.165, 1.54) is 0 Å². The summed E-state index contributed by atoms with van der Waals surface area (Å²) in [6, 6.07) is 0.613. The molecular formula is C17H14F6O8S3. The van der Waals surface area contributed by atoms with Gasteiger partial charge >= 0.3 is 12.4 Å². The van der Waals surface area contributed by atoms with Crippen LogP contribution in [-0.2, 0) is 35.5 Å². The molecule has 2 rings (SSSR count). The fourth-order valence-corrected chi connectivity index (χ4v) is 6.20. The van der Waals surface area contributed by atoms with Gasteiger partial charge in [-0.15, -0.1) is 0 Å². The maximum absolute atomic E-state index is 14.3. The Morgan fingerprint density at radius 2 is 1.03 bits per heavy atom. The molecule has 8 nitrogen and oxygen atoms in total. The molecule has 2 N–H and O–H groups in total. The molecule has 0 saturated carbocycles. The van der Waals surface area contributed by atoms with Crippen LogP contribution in [0, 0.1) is 6.92 Å². The average molecular weight is 556 g/mol.